The van der Waals surface area contributed by atoms with E-state index in [0.29, 0.717) is 18.4 Å². The van der Waals surface area contributed by atoms with Crippen LogP contribution in [-0.4, -0.2) is 42.0 Å². The molecule has 1 saturated heterocycles. The summed E-state index contributed by atoms with van der Waals surface area (Å²) < 4.78 is 6.53. The number of amides is 1. The lowest BCUT2D eigenvalue weighted by Gasteiger charge is -2.42. The first kappa shape index (κ1) is 17.7. The maximum absolute atomic E-state index is 12.5. The summed E-state index contributed by atoms with van der Waals surface area (Å²) in [5.41, 5.74) is 3.46. The highest BCUT2D eigenvalue weighted by Gasteiger charge is 2.43. The molecule has 2 aromatic rings. The molecule has 5 rings (SSSR count). The topological polar surface area (TPSA) is 45.7 Å². The van der Waals surface area contributed by atoms with Gasteiger partial charge in [0.2, 0.25) is 5.91 Å². The molecule has 1 aromatic heterocycles. The Balaban J connectivity index is 1.40. The standard InChI is InChI=1S/C23H27N3O2/c27-22(19-7-8-19)25-12-9-23(10-13-25)20-5-1-2-6-21(20)26(14-15-28-23)17-18-4-3-11-24-16-18/h1-6,11,16,19H,7-10,12-15,17H2. The number of carbonyl (C=O) groups excluding carboxylic acids is 1. The van der Waals surface area contributed by atoms with Crippen molar-refractivity contribution in [3.8, 4) is 0 Å². The van der Waals surface area contributed by atoms with Gasteiger partial charge in [-0.3, -0.25) is 9.78 Å². The SMILES string of the molecule is O=C(C1CC1)N1CCC2(CC1)OCCN(Cc1cccnc1)c1ccccc12. The Morgan fingerprint density at radius 2 is 1.93 bits per heavy atom. The van der Waals surface area contributed by atoms with Crippen LogP contribution in [0.5, 0.6) is 0 Å². The molecule has 28 heavy (non-hydrogen) atoms. The Kier molecular flexibility index (Phi) is 4.55. The number of aromatic nitrogens is 1. The Labute approximate surface area is 166 Å². The van der Waals surface area contributed by atoms with Crippen LogP contribution in [0.3, 0.4) is 0 Å². The highest BCUT2D eigenvalue weighted by atomic mass is 16.5. The van der Waals surface area contributed by atoms with E-state index in [-0.39, 0.29) is 5.60 Å². The van der Waals surface area contributed by atoms with Crippen LogP contribution in [0.1, 0.15) is 36.8 Å². The van der Waals surface area contributed by atoms with Crippen molar-refractivity contribution < 1.29 is 9.53 Å². The van der Waals surface area contributed by atoms with Crippen LogP contribution >= 0.6 is 0 Å². The van der Waals surface area contributed by atoms with Crippen LogP contribution < -0.4 is 4.90 Å². The minimum Gasteiger partial charge on any atom is -0.368 e. The summed E-state index contributed by atoms with van der Waals surface area (Å²) >= 11 is 0. The van der Waals surface area contributed by atoms with Crippen molar-refractivity contribution >= 4 is 11.6 Å². The van der Waals surface area contributed by atoms with E-state index in [4.69, 9.17) is 4.74 Å². The number of hydrogen-bond acceptors (Lipinski definition) is 4. The molecule has 146 valence electrons. The maximum Gasteiger partial charge on any atom is 0.225 e. The summed E-state index contributed by atoms with van der Waals surface area (Å²) in [5.74, 6) is 0.654. The number of benzene rings is 1. The zero-order valence-corrected chi connectivity index (χ0v) is 16.2. The largest absolute Gasteiger partial charge is 0.368 e. The lowest BCUT2D eigenvalue weighted by Crippen LogP contribution is -2.47. The average Bonchev–Trinajstić information content (AvgIpc) is 3.59. The van der Waals surface area contributed by atoms with E-state index in [1.54, 1.807) is 0 Å². The molecular formula is C23H27N3O2. The molecule has 1 aliphatic carbocycles. The van der Waals surface area contributed by atoms with Gasteiger partial charge in [-0.1, -0.05) is 24.3 Å². The van der Waals surface area contributed by atoms with Gasteiger partial charge in [-0.05, 0) is 43.4 Å². The van der Waals surface area contributed by atoms with E-state index < -0.39 is 0 Å². The number of rotatable bonds is 3. The third-order valence-corrected chi connectivity index (χ3v) is 6.38. The third-order valence-electron chi connectivity index (χ3n) is 6.38. The fourth-order valence-corrected chi connectivity index (χ4v) is 4.65. The molecule has 5 nitrogen and oxygen atoms in total. The second-order valence-corrected chi connectivity index (χ2v) is 8.24. The lowest BCUT2D eigenvalue weighted by molar-refractivity contribution is -0.140. The molecule has 1 saturated carbocycles. The van der Waals surface area contributed by atoms with E-state index in [0.717, 1.165) is 51.9 Å². The molecule has 0 radical (unpaired) electrons. The first-order valence-corrected chi connectivity index (χ1v) is 10.4. The molecule has 0 unspecified atom stereocenters. The van der Waals surface area contributed by atoms with Crippen LogP contribution in [0.4, 0.5) is 5.69 Å². The number of nitrogens with zero attached hydrogens (tertiary/aromatic N) is 3. The minimum atomic E-state index is -0.277. The van der Waals surface area contributed by atoms with Gasteiger partial charge in [-0.15, -0.1) is 0 Å². The summed E-state index contributed by atoms with van der Waals surface area (Å²) in [6.07, 6.45) is 7.65. The zero-order chi connectivity index (χ0) is 19.0. The Bertz CT molecular complexity index is 842. The van der Waals surface area contributed by atoms with Crippen LogP contribution in [0, 0.1) is 5.92 Å². The van der Waals surface area contributed by atoms with Gasteiger partial charge in [0, 0.05) is 55.7 Å². The highest BCUT2D eigenvalue weighted by Crippen LogP contribution is 2.44. The number of hydrogen-bond donors (Lipinski definition) is 0. The second-order valence-electron chi connectivity index (χ2n) is 8.24. The van der Waals surface area contributed by atoms with Crippen LogP contribution in [0.25, 0.3) is 0 Å². The molecule has 0 atom stereocenters. The predicted octanol–water partition coefficient (Wildman–Crippen LogP) is 3.35. The quantitative estimate of drug-likeness (QED) is 0.823. The number of pyridine rings is 1. The van der Waals surface area contributed by atoms with Gasteiger partial charge in [0.15, 0.2) is 0 Å². The van der Waals surface area contributed by atoms with Gasteiger partial charge in [-0.25, -0.2) is 0 Å². The lowest BCUT2D eigenvalue weighted by atomic mass is 9.83. The van der Waals surface area contributed by atoms with Crippen LogP contribution in [0.2, 0.25) is 0 Å². The number of piperidine rings is 1. The fraction of sp³-hybridized carbons (Fsp3) is 0.478. The molecule has 1 aromatic carbocycles. The summed E-state index contributed by atoms with van der Waals surface area (Å²) in [6, 6.07) is 12.8. The van der Waals surface area contributed by atoms with Gasteiger partial charge in [0.05, 0.1) is 12.2 Å². The Hall–Kier alpha value is -2.40. The van der Waals surface area contributed by atoms with E-state index in [1.807, 2.05) is 18.5 Å². The van der Waals surface area contributed by atoms with Crippen molar-refractivity contribution in [2.45, 2.75) is 37.8 Å². The van der Waals surface area contributed by atoms with Crippen molar-refractivity contribution in [1.29, 1.82) is 0 Å². The number of fused-ring (bicyclic) bond motifs is 2. The van der Waals surface area contributed by atoms with Gasteiger partial charge < -0.3 is 14.5 Å². The highest BCUT2D eigenvalue weighted by molar-refractivity contribution is 5.81. The molecular weight excluding hydrogens is 350 g/mol. The molecule has 3 aliphatic rings. The van der Waals surface area contributed by atoms with Crippen molar-refractivity contribution in [1.82, 2.24) is 9.88 Å². The first-order chi connectivity index (χ1) is 13.8. The molecule has 2 aliphatic heterocycles. The van der Waals surface area contributed by atoms with Crippen LogP contribution in [-0.2, 0) is 21.7 Å². The molecule has 5 heteroatoms. The molecule has 2 fully saturated rings. The molecule has 0 bridgehead atoms. The van der Waals surface area contributed by atoms with Gasteiger partial charge in [-0.2, -0.15) is 0 Å². The van der Waals surface area contributed by atoms with Crippen molar-refractivity contribution in [2.24, 2.45) is 5.92 Å². The average molecular weight is 377 g/mol. The summed E-state index contributed by atoms with van der Waals surface area (Å²) in [5, 5.41) is 0. The third kappa shape index (κ3) is 3.28. The molecule has 3 heterocycles. The molecule has 1 amide bonds. The first-order valence-electron chi connectivity index (χ1n) is 10.4. The number of anilines is 1. The van der Waals surface area contributed by atoms with E-state index in [1.165, 1.54) is 16.8 Å². The van der Waals surface area contributed by atoms with Crippen molar-refractivity contribution in [3.05, 3.63) is 59.9 Å². The Morgan fingerprint density at radius 3 is 2.68 bits per heavy atom. The normalized spacial score (nSPS) is 21.3. The van der Waals surface area contributed by atoms with Gasteiger partial charge in [0.25, 0.3) is 0 Å². The number of carbonyl (C=O) groups is 1. The van der Waals surface area contributed by atoms with E-state index in [9.17, 15) is 4.79 Å². The van der Waals surface area contributed by atoms with Gasteiger partial charge >= 0.3 is 0 Å². The molecule has 0 N–H and O–H groups in total. The maximum atomic E-state index is 12.5. The van der Waals surface area contributed by atoms with E-state index in [2.05, 4.69) is 45.1 Å². The predicted molar refractivity (Wildman–Crippen MR) is 108 cm³/mol. The number of likely N-dealkylation sites (tertiary alicyclic amines) is 1. The van der Waals surface area contributed by atoms with Gasteiger partial charge in [0.1, 0.15) is 0 Å². The summed E-state index contributed by atoms with van der Waals surface area (Å²) in [7, 11) is 0. The minimum absolute atomic E-state index is 0.277. The molecule has 1 spiro atoms. The monoisotopic (exact) mass is 377 g/mol. The fourth-order valence-electron chi connectivity index (χ4n) is 4.65. The van der Waals surface area contributed by atoms with Crippen molar-refractivity contribution in [3.63, 3.8) is 0 Å². The Morgan fingerprint density at radius 1 is 1.11 bits per heavy atom. The number of ether oxygens (including phenoxy) is 1. The number of para-hydroxylation sites is 1. The smallest absolute Gasteiger partial charge is 0.225 e. The summed E-state index contributed by atoms with van der Waals surface area (Å²) in [4.78, 5) is 21.2. The summed E-state index contributed by atoms with van der Waals surface area (Å²) in [6.45, 7) is 3.99. The zero-order valence-electron chi connectivity index (χ0n) is 16.2. The second kappa shape index (κ2) is 7.21. The van der Waals surface area contributed by atoms with E-state index >= 15 is 0 Å². The van der Waals surface area contributed by atoms with Crippen LogP contribution in [0.15, 0.2) is 48.8 Å². The van der Waals surface area contributed by atoms with Crippen molar-refractivity contribution in [2.75, 3.05) is 31.1 Å².